The summed E-state index contributed by atoms with van der Waals surface area (Å²) in [6, 6.07) is 4.48. The number of hydrogen-bond donors (Lipinski definition) is 1. The Labute approximate surface area is 133 Å². The largest absolute Gasteiger partial charge is 0.357 e. The second kappa shape index (κ2) is 5.68. The Bertz CT molecular complexity index is 732. The van der Waals surface area contributed by atoms with Crippen LogP contribution >= 0.6 is 11.3 Å². The molecule has 2 atom stereocenters. The van der Waals surface area contributed by atoms with Crippen LogP contribution in [0.1, 0.15) is 32.6 Å². The Balaban J connectivity index is 1.56. The van der Waals surface area contributed by atoms with Gasteiger partial charge >= 0.3 is 0 Å². The highest BCUT2D eigenvalue weighted by Gasteiger charge is 2.22. The molecule has 0 saturated heterocycles. The summed E-state index contributed by atoms with van der Waals surface area (Å²) in [6.07, 6.45) is 10.8. The molecule has 3 aromatic heterocycles. The van der Waals surface area contributed by atoms with Gasteiger partial charge in [0.25, 0.3) is 0 Å². The summed E-state index contributed by atoms with van der Waals surface area (Å²) in [7, 11) is 0. The van der Waals surface area contributed by atoms with Gasteiger partial charge in [-0.15, -0.1) is 5.10 Å². The molecule has 5 nitrogen and oxygen atoms in total. The van der Waals surface area contributed by atoms with Gasteiger partial charge in [-0.25, -0.2) is 9.50 Å². The van der Waals surface area contributed by atoms with Gasteiger partial charge in [0, 0.05) is 24.0 Å². The number of hydrogen-bond acceptors (Lipinski definition) is 5. The standard InChI is InChI=1S/C16H19N5S/c1-11-5-2-3-7-13(11)18-15-20-21-10-14(19-16(21)22-15)12-6-4-8-17-9-12/h4,6,8-11,13H,2-3,5,7H2,1H3,(H,18,20). The summed E-state index contributed by atoms with van der Waals surface area (Å²) in [6.45, 7) is 2.33. The topological polar surface area (TPSA) is 55.1 Å². The Hall–Kier alpha value is -1.95. The SMILES string of the molecule is CC1CCCCC1Nc1nn2cc(-c3cccnc3)nc2s1. The van der Waals surface area contributed by atoms with Crippen LogP contribution in [0.2, 0.25) is 0 Å². The van der Waals surface area contributed by atoms with Crippen molar-refractivity contribution >= 4 is 21.4 Å². The summed E-state index contributed by atoms with van der Waals surface area (Å²) in [5, 5.41) is 9.20. The summed E-state index contributed by atoms with van der Waals surface area (Å²) in [5.74, 6) is 0.718. The lowest BCUT2D eigenvalue weighted by Gasteiger charge is -2.29. The molecule has 3 aromatic rings. The molecule has 1 aliphatic rings. The Morgan fingerprint density at radius 3 is 3.00 bits per heavy atom. The van der Waals surface area contributed by atoms with Gasteiger partial charge < -0.3 is 5.32 Å². The van der Waals surface area contributed by atoms with Gasteiger partial charge in [0.15, 0.2) is 0 Å². The van der Waals surface area contributed by atoms with E-state index >= 15 is 0 Å². The normalized spacial score (nSPS) is 22.0. The summed E-state index contributed by atoms with van der Waals surface area (Å²) < 4.78 is 1.86. The summed E-state index contributed by atoms with van der Waals surface area (Å²) in [4.78, 5) is 9.72. The molecule has 0 aliphatic heterocycles. The predicted molar refractivity (Wildman–Crippen MR) is 89.1 cm³/mol. The van der Waals surface area contributed by atoms with Crippen molar-refractivity contribution in [3.05, 3.63) is 30.7 Å². The van der Waals surface area contributed by atoms with Gasteiger partial charge in [-0.2, -0.15) is 0 Å². The van der Waals surface area contributed by atoms with Gasteiger partial charge in [-0.3, -0.25) is 4.98 Å². The molecule has 1 N–H and O–H groups in total. The predicted octanol–water partition coefficient (Wildman–Crippen LogP) is 3.84. The minimum Gasteiger partial charge on any atom is -0.357 e. The molecule has 0 spiro atoms. The number of nitrogens with one attached hydrogen (secondary N) is 1. The number of imidazole rings is 1. The first kappa shape index (κ1) is 13.7. The van der Waals surface area contributed by atoms with Gasteiger partial charge in [-0.05, 0) is 30.9 Å². The molecule has 1 fully saturated rings. The molecule has 22 heavy (non-hydrogen) atoms. The van der Waals surface area contributed by atoms with E-state index in [0.717, 1.165) is 27.3 Å². The zero-order valence-corrected chi connectivity index (χ0v) is 13.4. The van der Waals surface area contributed by atoms with E-state index in [1.807, 2.05) is 29.0 Å². The Kier molecular flexibility index (Phi) is 3.54. The van der Waals surface area contributed by atoms with Crippen LogP contribution < -0.4 is 5.32 Å². The minimum absolute atomic E-state index is 0.544. The van der Waals surface area contributed by atoms with Crippen LogP contribution in [0.15, 0.2) is 30.7 Å². The Morgan fingerprint density at radius 2 is 2.23 bits per heavy atom. The number of anilines is 1. The second-order valence-corrected chi connectivity index (χ2v) is 6.97. The molecule has 0 radical (unpaired) electrons. The molecule has 114 valence electrons. The van der Waals surface area contributed by atoms with Crippen molar-refractivity contribution in [3.8, 4) is 11.3 Å². The highest BCUT2D eigenvalue weighted by atomic mass is 32.1. The van der Waals surface area contributed by atoms with Crippen LogP contribution in [0, 0.1) is 5.92 Å². The van der Waals surface area contributed by atoms with E-state index in [4.69, 9.17) is 0 Å². The molecular weight excluding hydrogens is 294 g/mol. The van der Waals surface area contributed by atoms with Gasteiger partial charge in [0.2, 0.25) is 10.1 Å². The van der Waals surface area contributed by atoms with Crippen molar-refractivity contribution < 1.29 is 0 Å². The fourth-order valence-electron chi connectivity index (χ4n) is 3.10. The van der Waals surface area contributed by atoms with Crippen molar-refractivity contribution in [3.63, 3.8) is 0 Å². The van der Waals surface area contributed by atoms with Crippen molar-refractivity contribution in [1.82, 2.24) is 19.6 Å². The van der Waals surface area contributed by atoms with E-state index in [0.29, 0.717) is 6.04 Å². The monoisotopic (exact) mass is 313 g/mol. The van der Waals surface area contributed by atoms with Gasteiger partial charge in [0.1, 0.15) is 0 Å². The highest BCUT2D eigenvalue weighted by molar-refractivity contribution is 7.20. The highest BCUT2D eigenvalue weighted by Crippen LogP contribution is 2.29. The van der Waals surface area contributed by atoms with E-state index in [1.54, 1.807) is 17.5 Å². The lowest BCUT2D eigenvalue weighted by Crippen LogP contribution is -2.30. The lowest BCUT2D eigenvalue weighted by atomic mass is 9.86. The molecule has 4 rings (SSSR count). The average molecular weight is 313 g/mol. The fraction of sp³-hybridized carbons (Fsp3) is 0.438. The third-order valence-electron chi connectivity index (χ3n) is 4.42. The fourth-order valence-corrected chi connectivity index (χ4v) is 3.94. The molecule has 0 amide bonds. The van der Waals surface area contributed by atoms with Gasteiger partial charge in [0.05, 0.1) is 11.9 Å². The van der Waals surface area contributed by atoms with Crippen LogP contribution in [0.4, 0.5) is 5.13 Å². The number of pyridine rings is 1. The van der Waals surface area contributed by atoms with Crippen LogP contribution in [-0.2, 0) is 0 Å². The minimum atomic E-state index is 0.544. The molecular formula is C16H19N5S. The molecule has 6 heteroatoms. The summed E-state index contributed by atoms with van der Waals surface area (Å²) >= 11 is 1.62. The Morgan fingerprint density at radius 1 is 1.32 bits per heavy atom. The number of fused-ring (bicyclic) bond motifs is 1. The third kappa shape index (κ3) is 2.59. The lowest BCUT2D eigenvalue weighted by molar-refractivity contribution is 0.349. The molecule has 1 saturated carbocycles. The van der Waals surface area contributed by atoms with Crippen molar-refractivity contribution in [2.75, 3.05) is 5.32 Å². The zero-order chi connectivity index (χ0) is 14.9. The molecule has 0 bridgehead atoms. The van der Waals surface area contributed by atoms with E-state index in [2.05, 4.69) is 27.3 Å². The maximum atomic E-state index is 4.65. The second-order valence-electron chi connectivity index (χ2n) is 6.01. The van der Waals surface area contributed by atoms with E-state index in [1.165, 1.54) is 25.7 Å². The maximum absolute atomic E-state index is 4.65. The molecule has 0 aromatic carbocycles. The van der Waals surface area contributed by atoms with Crippen LogP contribution in [0.3, 0.4) is 0 Å². The number of nitrogens with zero attached hydrogens (tertiary/aromatic N) is 4. The van der Waals surface area contributed by atoms with Crippen molar-refractivity contribution in [1.29, 1.82) is 0 Å². The first-order chi connectivity index (χ1) is 10.8. The van der Waals surface area contributed by atoms with Crippen LogP contribution in [0.5, 0.6) is 0 Å². The first-order valence-electron chi connectivity index (χ1n) is 7.83. The van der Waals surface area contributed by atoms with Crippen molar-refractivity contribution in [2.24, 2.45) is 5.92 Å². The maximum Gasteiger partial charge on any atom is 0.214 e. The quantitative estimate of drug-likeness (QED) is 0.798. The third-order valence-corrected chi connectivity index (χ3v) is 5.27. The van der Waals surface area contributed by atoms with Gasteiger partial charge in [-0.1, -0.05) is 31.1 Å². The van der Waals surface area contributed by atoms with Crippen LogP contribution in [0.25, 0.3) is 16.2 Å². The van der Waals surface area contributed by atoms with E-state index < -0.39 is 0 Å². The first-order valence-corrected chi connectivity index (χ1v) is 8.64. The average Bonchev–Trinajstić information content (AvgIpc) is 3.09. The zero-order valence-electron chi connectivity index (χ0n) is 12.6. The van der Waals surface area contributed by atoms with E-state index in [9.17, 15) is 0 Å². The molecule has 1 aliphatic carbocycles. The van der Waals surface area contributed by atoms with Crippen LogP contribution in [-0.4, -0.2) is 25.6 Å². The number of aromatic nitrogens is 4. The summed E-state index contributed by atoms with van der Waals surface area (Å²) in [5.41, 5.74) is 1.94. The molecule has 3 heterocycles. The van der Waals surface area contributed by atoms with E-state index in [-0.39, 0.29) is 0 Å². The van der Waals surface area contributed by atoms with Crippen molar-refractivity contribution in [2.45, 2.75) is 38.6 Å². The number of rotatable bonds is 3. The molecule has 2 unspecified atom stereocenters. The smallest absolute Gasteiger partial charge is 0.214 e.